The molecule has 0 saturated heterocycles. The van der Waals surface area contributed by atoms with Gasteiger partial charge in [-0.1, -0.05) is 290 Å². The van der Waals surface area contributed by atoms with Crippen molar-refractivity contribution in [3.05, 3.63) is 316 Å². The lowest BCUT2D eigenvalue weighted by molar-refractivity contribution is 0.550. The Labute approximate surface area is 707 Å². The fourth-order valence-electron chi connectivity index (χ4n) is 14.3. The first-order valence-corrected chi connectivity index (χ1v) is 42.1. The Morgan fingerprint density at radius 2 is 0.622 bits per heavy atom. The molecule has 12 nitrogen and oxygen atoms in total. The van der Waals surface area contributed by atoms with Crippen molar-refractivity contribution in [1.29, 1.82) is 0 Å². The summed E-state index contributed by atoms with van der Waals surface area (Å²) < 4.78 is 4.99. The molecule has 624 valence electrons. The highest BCUT2D eigenvalue weighted by molar-refractivity contribution is 5.87. The predicted molar refractivity (Wildman–Crippen MR) is 514 cm³/mol. The first kappa shape index (κ1) is 89.8. The van der Waals surface area contributed by atoms with E-state index in [1.54, 1.807) is 0 Å². The molecule has 0 atom stereocenters. The molecular weight excluding hydrogens is 1460 g/mol. The number of aryl methyl sites for hydroxylation is 1. The molecule has 119 heavy (non-hydrogen) atoms. The molecule has 0 spiro atoms. The smallest absolute Gasteiger partial charge is 0.408 e. The third-order valence-electron chi connectivity index (χ3n) is 21.7. The zero-order valence-electron chi connectivity index (χ0n) is 76.4. The Morgan fingerprint density at radius 1 is 0.261 bits per heavy atom. The topological polar surface area (TPSA) is 185 Å². The molecule has 0 unspecified atom stereocenters. The second-order valence-electron chi connectivity index (χ2n) is 41.0. The molecule has 0 radical (unpaired) electrons. The molecule has 0 saturated carbocycles. The number of nitrogens with zero attached hydrogens (tertiary/aromatic N) is 1. The van der Waals surface area contributed by atoms with Crippen LogP contribution in [0.25, 0.3) is 98.3 Å². The van der Waals surface area contributed by atoms with E-state index in [9.17, 15) is 4.79 Å². The summed E-state index contributed by atoms with van der Waals surface area (Å²) in [5.41, 5.74) is 26.5. The summed E-state index contributed by atoms with van der Waals surface area (Å²) in [5, 5.41) is 17.3. The van der Waals surface area contributed by atoms with Gasteiger partial charge in [0.15, 0.2) is 5.58 Å². The third kappa shape index (κ3) is 23.9. The number of rotatable bonds is 0. The summed E-state index contributed by atoms with van der Waals surface area (Å²) >= 11 is 0. The maximum absolute atomic E-state index is 10.9. The number of hydrogen-bond acceptors (Lipinski definition) is 3. The van der Waals surface area contributed by atoms with Crippen molar-refractivity contribution in [2.75, 3.05) is 0 Å². The lowest BCUT2D eigenvalue weighted by Gasteiger charge is -2.19. The van der Waals surface area contributed by atoms with Crippen LogP contribution in [0.5, 0.6) is 0 Å². The highest BCUT2D eigenvalue weighted by atomic mass is 16.4. The first-order valence-electron chi connectivity index (χ1n) is 42.1. The maximum Gasteiger partial charge on any atom is 0.417 e. The van der Waals surface area contributed by atoms with E-state index in [1.807, 2.05) is 61.6 Å². The summed E-state index contributed by atoms with van der Waals surface area (Å²) in [6, 6.07) is 72.9. The number of fused-ring (bicyclic) bond motifs is 9. The van der Waals surface area contributed by atoms with Crippen LogP contribution in [0.3, 0.4) is 0 Å². The average Bonchev–Trinajstić information content (AvgIpc) is 1.67. The van der Waals surface area contributed by atoms with Crippen LogP contribution < -0.4 is 5.76 Å². The van der Waals surface area contributed by atoms with Gasteiger partial charge in [0.25, 0.3) is 0 Å². The molecule has 9 aromatic heterocycles. The molecule has 9 heterocycles. The van der Waals surface area contributed by atoms with Crippen LogP contribution in [0.1, 0.15) is 243 Å². The van der Waals surface area contributed by atoms with Crippen molar-refractivity contribution < 1.29 is 4.42 Å². The van der Waals surface area contributed by atoms with Gasteiger partial charge < -0.3 is 39.3 Å². The van der Waals surface area contributed by atoms with Gasteiger partial charge in [-0.15, -0.1) is 0 Å². The lowest BCUT2D eigenvalue weighted by atomic mass is 9.85. The standard InChI is InChI=1S/C13H17N.6C12H15N.C11H14N2.C11H13NO2/c1-9-7-10-8-11(13(2,3)4)5-6-12(10)14-9;1-12(2,3)10-4-5-11-9(8-10)6-7-13-11;2*1-12(2,3)10-5-4-9-6-7-13-11(9)8-10;1-12(2,3)10-5-4-6-11-9(10)7-8-13-11;2*1-12(2,3)10-6-4-5-9-7-8-13-11(9)10;1-11(2,3)9-5-4-8-7-12-13-10(8)6-9;1-11(2,3)7-4-5-8-9(6-7)14-10(13)12-8/h5-8,14H,1-4H3;6*4-8,13H,1-3H3;4-7H,1-3H3,(H,12,13);4-6H,1-3H3,(H,12,13). The number of oxazole rings is 1. The Bertz CT molecular complexity index is 5830. The van der Waals surface area contributed by atoms with Gasteiger partial charge in [-0.2, -0.15) is 5.10 Å². The minimum absolute atomic E-state index is 0.0734. The molecule has 0 amide bonds. The van der Waals surface area contributed by atoms with Crippen molar-refractivity contribution in [3.63, 3.8) is 0 Å². The van der Waals surface area contributed by atoms with Crippen LogP contribution in [0, 0.1) is 6.92 Å². The number of aromatic nitrogens is 10. The van der Waals surface area contributed by atoms with Crippen LogP contribution in [0.15, 0.2) is 259 Å². The van der Waals surface area contributed by atoms with Crippen molar-refractivity contribution >= 4 is 98.3 Å². The Hall–Kier alpha value is -11.5. The van der Waals surface area contributed by atoms with Gasteiger partial charge in [-0.3, -0.25) is 10.1 Å². The van der Waals surface area contributed by atoms with Gasteiger partial charge in [-0.05, 0) is 241 Å². The minimum atomic E-state index is -0.397. The molecule has 0 fully saturated rings. The number of H-pyrrole nitrogens is 9. The average molecular weight is 1590 g/mol. The van der Waals surface area contributed by atoms with Crippen LogP contribution in [0.4, 0.5) is 0 Å². The molecule has 0 aliphatic rings. The second kappa shape index (κ2) is 36.0. The van der Waals surface area contributed by atoms with Gasteiger partial charge in [0, 0.05) is 92.3 Å². The quantitative estimate of drug-likeness (QED) is 0.0733. The molecule has 18 rings (SSSR count). The van der Waals surface area contributed by atoms with E-state index in [1.165, 1.54) is 132 Å². The normalized spacial score (nSPS) is 12.2. The van der Waals surface area contributed by atoms with Crippen molar-refractivity contribution in [2.45, 2.75) is 243 Å². The zero-order valence-corrected chi connectivity index (χ0v) is 76.4. The van der Waals surface area contributed by atoms with Crippen LogP contribution in [-0.4, -0.2) is 50.1 Å². The molecule has 12 heteroatoms. The Morgan fingerprint density at radius 3 is 1.10 bits per heavy atom. The number of nitrogens with one attached hydrogen (secondary N) is 9. The largest absolute Gasteiger partial charge is 0.417 e. The van der Waals surface area contributed by atoms with Crippen molar-refractivity contribution in [2.24, 2.45) is 0 Å². The highest BCUT2D eigenvalue weighted by Gasteiger charge is 2.23. The van der Waals surface area contributed by atoms with E-state index in [2.05, 4.69) is 432 Å². The van der Waals surface area contributed by atoms with Crippen molar-refractivity contribution in [1.82, 2.24) is 50.1 Å². The van der Waals surface area contributed by atoms with E-state index in [0.29, 0.717) is 5.58 Å². The third-order valence-corrected chi connectivity index (χ3v) is 21.7. The summed E-state index contributed by atoms with van der Waals surface area (Å²) in [7, 11) is 0. The predicted octanol–water partition coefficient (Wildman–Crippen LogP) is 29.8. The van der Waals surface area contributed by atoms with Crippen molar-refractivity contribution in [3.8, 4) is 0 Å². The fraction of sp³-hybridized carbons (Fsp3) is 0.346. The highest BCUT2D eigenvalue weighted by Crippen LogP contribution is 2.35. The number of para-hydroxylation sites is 2. The summed E-state index contributed by atoms with van der Waals surface area (Å²) in [6.07, 6.45) is 13.8. The molecule has 9 N–H and O–H groups in total. The van der Waals surface area contributed by atoms with E-state index >= 15 is 0 Å². The van der Waals surface area contributed by atoms with Gasteiger partial charge in [-0.25, -0.2) is 4.79 Å². The zero-order chi connectivity index (χ0) is 87.0. The van der Waals surface area contributed by atoms with E-state index < -0.39 is 5.76 Å². The Balaban J connectivity index is 0.000000141. The lowest BCUT2D eigenvalue weighted by Crippen LogP contribution is -2.11. The van der Waals surface area contributed by atoms with Gasteiger partial charge in [0.1, 0.15) is 0 Å². The summed E-state index contributed by atoms with van der Waals surface area (Å²) in [4.78, 5) is 36.4. The maximum atomic E-state index is 10.9. The number of hydrogen-bond donors (Lipinski definition) is 9. The molecular formula is C107H134N10O2. The van der Waals surface area contributed by atoms with E-state index in [4.69, 9.17) is 4.42 Å². The monoisotopic (exact) mass is 1590 g/mol. The molecule has 0 bridgehead atoms. The summed E-state index contributed by atoms with van der Waals surface area (Å²) in [6.45, 7) is 62.1. The van der Waals surface area contributed by atoms with E-state index in [0.717, 1.165) is 16.6 Å². The van der Waals surface area contributed by atoms with Gasteiger partial charge in [0.05, 0.1) is 17.2 Å². The minimum Gasteiger partial charge on any atom is -0.408 e. The number of benzene rings is 9. The van der Waals surface area contributed by atoms with Gasteiger partial charge >= 0.3 is 5.76 Å². The van der Waals surface area contributed by atoms with E-state index in [-0.39, 0.29) is 48.7 Å². The molecule has 9 aromatic carbocycles. The van der Waals surface area contributed by atoms with Crippen LogP contribution in [0.2, 0.25) is 0 Å². The Kier molecular flexibility index (Phi) is 27.2. The first-order chi connectivity index (χ1) is 55.5. The molecule has 0 aliphatic heterocycles. The van der Waals surface area contributed by atoms with Crippen LogP contribution in [-0.2, 0) is 48.7 Å². The number of aromatic amines is 9. The SMILES string of the molecule is CC(C)(C)c1ccc2[nH]c(=O)oc2c1.CC(C)(C)c1ccc2[nH]ccc2c1.CC(C)(C)c1ccc2cc[nH]c2c1.CC(C)(C)c1ccc2cc[nH]c2c1.CC(C)(C)c1ccc2cn[nH]c2c1.CC(C)(C)c1cccc2[nH]ccc12.CC(C)(C)c1cccc2cc[nH]c12.CC(C)(C)c1cccc2cc[nH]c12.Cc1cc2cc(C(C)(C)C)ccc2[nH]1. The van der Waals surface area contributed by atoms with Crippen LogP contribution >= 0.6 is 0 Å². The van der Waals surface area contributed by atoms with Gasteiger partial charge in [0.2, 0.25) is 0 Å². The summed E-state index contributed by atoms with van der Waals surface area (Å²) in [5.74, 6) is -0.397. The molecule has 18 aromatic rings. The fourth-order valence-corrected chi connectivity index (χ4v) is 14.3. The second-order valence-corrected chi connectivity index (χ2v) is 41.0. The molecule has 0 aliphatic carbocycles.